The van der Waals surface area contributed by atoms with Gasteiger partial charge in [-0.15, -0.1) is 0 Å². The summed E-state index contributed by atoms with van der Waals surface area (Å²) in [7, 11) is 0. The number of carbonyl (C=O) groups is 1. The van der Waals surface area contributed by atoms with E-state index in [-0.39, 0.29) is 18.1 Å². The van der Waals surface area contributed by atoms with E-state index in [0.29, 0.717) is 19.9 Å². The minimum Gasteiger partial charge on any atom is -0.454 e. The number of rotatable bonds is 5. The number of carbonyl (C=O) groups excluding carboxylic acids is 1. The van der Waals surface area contributed by atoms with Crippen molar-refractivity contribution in [1.82, 2.24) is 10.2 Å². The molecule has 0 radical (unpaired) electrons. The van der Waals surface area contributed by atoms with E-state index in [1.807, 2.05) is 6.07 Å². The summed E-state index contributed by atoms with van der Waals surface area (Å²) < 4.78 is 16.4. The Morgan fingerprint density at radius 2 is 2.12 bits per heavy atom. The maximum absolute atomic E-state index is 12.3. The van der Waals surface area contributed by atoms with Crippen molar-refractivity contribution in [2.45, 2.75) is 37.8 Å². The molecule has 3 aliphatic heterocycles. The van der Waals surface area contributed by atoms with Crippen molar-refractivity contribution in [3.05, 3.63) is 23.8 Å². The zero-order valence-electron chi connectivity index (χ0n) is 13.8. The topological polar surface area (TPSA) is 60.0 Å². The van der Waals surface area contributed by atoms with Gasteiger partial charge in [-0.25, -0.2) is 0 Å². The molecule has 130 valence electrons. The SMILES string of the molecule is O=C(CN1CCC[C@@H]1c1ccc2c(c1)OCO2)NC[C@H]1CCCO1. The molecule has 3 aliphatic rings. The maximum atomic E-state index is 12.3. The largest absolute Gasteiger partial charge is 0.454 e. The fourth-order valence-corrected chi connectivity index (χ4v) is 3.79. The van der Waals surface area contributed by atoms with Crippen molar-refractivity contribution in [3.8, 4) is 11.5 Å². The number of hydrogen-bond donors (Lipinski definition) is 1. The number of nitrogens with one attached hydrogen (secondary N) is 1. The van der Waals surface area contributed by atoms with Gasteiger partial charge in [-0.3, -0.25) is 9.69 Å². The smallest absolute Gasteiger partial charge is 0.234 e. The Balaban J connectivity index is 1.35. The average Bonchev–Trinajstić information content (AvgIpc) is 3.33. The first-order chi connectivity index (χ1) is 11.8. The first-order valence-electron chi connectivity index (χ1n) is 8.81. The molecule has 0 aromatic heterocycles. The Morgan fingerprint density at radius 1 is 1.21 bits per heavy atom. The van der Waals surface area contributed by atoms with Crippen molar-refractivity contribution < 1.29 is 19.0 Å². The van der Waals surface area contributed by atoms with E-state index in [0.717, 1.165) is 50.3 Å². The highest BCUT2D eigenvalue weighted by molar-refractivity contribution is 5.78. The van der Waals surface area contributed by atoms with E-state index in [1.54, 1.807) is 0 Å². The minimum atomic E-state index is 0.0816. The van der Waals surface area contributed by atoms with Crippen LogP contribution in [-0.4, -0.2) is 49.9 Å². The fraction of sp³-hybridized carbons (Fsp3) is 0.611. The van der Waals surface area contributed by atoms with E-state index in [1.165, 1.54) is 5.56 Å². The molecular weight excluding hydrogens is 308 g/mol. The lowest BCUT2D eigenvalue weighted by atomic mass is 10.0. The van der Waals surface area contributed by atoms with Crippen LogP contribution in [-0.2, 0) is 9.53 Å². The van der Waals surface area contributed by atoms with E-state index in [2.05, 4.69) is 22.3 Å². The number of nitrogens with zero attached hydrogens (tertiary/aromatic N) is 1. The van der Waals surface area contributed by atoms with Gasteiger partial charge in [-0.2, -0.15) is 0 Å². The lowest BCUT2D eigenvalue weighted by Gasteiger charge is -2.24. The van der Waals surface area contributed by atoms with Crippen LogP contribution in [0.4, 0.5) is 0 Å². The predicted octanol–water partition coefficient (Wildman–Crippen LogP) is 1.85. The van der Waals surface area contributed by atoms with Crippen LogP contribution >= 0.6 is 0 Å². The first-order valence-corrected chi connectivity index (χ1v) is 8.81. The van der Waals surface area contributed by atoms with Gasteiger partial charge >= 0.3 is 0 Å². The summed E-state index contributed by atoms with van der Waals surface area (Å²) in [6.07, 6.45) is 4.51. The molecule has 0 bridgehead atoms. The van der Waals surface area contributed by atoms with Crippen molar-refractivity contribution in [2.24, 2.45) is 0 Å². The number of ether oxygens (including phenoxy) is 3. The zero-order chi connectivity index (χ0) is 16.4. The first kappa shape index (κ1) is 15.7. The lowest BCUT2D eigenvalue weighted by molar-refractivity contribution is -0.123. The average molecular weight is 332 g/mol. The van der Waals surface area contributed by atoms with Gasteiger partial charge in [0.25, 0.3) is 0 Å². The van der Waals surface area contributed by atoms with E-state index in [9.17, 15) is 4.79 Å². The molecule has 6 heteroatoms. The standard InChI is InChI=1S/C18H24N2O4/c21-18(19-10-14-3-2-8-22-14)11-20-7-1-4-15(20)13-5-6-16-17(9-13)24-12-23-16/h5-6,9,14-15H,1-4,7-8,10-12H2,(H,19,21)/t14-,15-/m1/s1. The molecule has 4 rings (SSSR count). The summed E-state index contributed by atoms with van der Waals surface area (Å²) in [5.74, 6) is 1.69. The van der Waals surface area contributed by atoms with Crippen LogP contribution in [0.3, 0.4) is 0 Å². The highest BCUT2D eigenvalue weighted by atomic mass is 16.7. The molecule has 2 saturated heterocycles. The molecule has 0 unspecified atom stereocenters. The Morgan fingerprint density at radius 3 is 3.00 bits per heavy atom. The van der Waals surface area contributed by atoms with Crippen LogP contribution in [0.1, 0.15) is 37.3 Å². The fourth-order valence-electron chi connectivity index (χ4n) is 3.79. The van der Waals surface area contributed by atoms with Crippen LogP contribution in [0.15, 0.2) is 18.2 Å². The number of hydrogen-bond acceptors (Lipinski definition) is 5. The van der Waals surface area contributed by atoms with Crippen molar-refractivity contribution >= 4 is 5.91 Å². The molecule has 6 nitrogen and oxygen atoms in total. The highest BCUT2D eigenvalue weighted by Gasteiger charge is 2.29. The van der Waals surface area contributed by atoms with Crippen molar-refractivity contribution in [1.29, 1.82) is 0 Å². The number of likely N-dealkylation sites (tertiary alicyclic amines) is 1. The Bertz CT molecular complexity index is 601. The van der Waals surface area contributed by atoms with Gasteiger partial charge in [-0.05, 0) is 49.9 Å². The van der Waals surface area contributed by atoms with E-state index in [4.69, 9.17) is 14.2 Å². The summed E-state index contributed by atoms with van der Waals surface area (Å²) in [5, 5.41) is 3.01. The van der Waals surface area contributed by atoms with Gasteiger partial charge in [0.2, 0.25) is 12.7 Å². The van der Waals surface area contributed by atoms with Crippen LogP contribution < -0.4 is 14.8 Å². The van der Waals surface area contributed by atoms with Crippen LogP contribution in [0, 0.1) is 0 Å². The molecule has 0 saturated carbocycles. The third kappa shape index (κ3) is 3.35. The van der Waals surface area contributed by atoms with Gasteiger partial charge in [0.15, 0.2) is 11.5 Å². The second-order valence-corrected chi connectivity index (χ2v) is 6.68. The summed E-state index contributed by atoms with van der Waals surface area (Å²) in [5.41, 5.74) is 1.20. The third-order valence-corrected chi connectivity index (χ3v) is 5.04. The monoisotopic (exact) mass is 332 g/mol. The number of fused-ring (bicyclic) bond motifs is 1. The van der Waals surface area contributed by atoms with Gasteiger partial charge in [0, 0.05) is 19.2 Å². The van der Waals surface area contributed by atoms with Gasteiger partial charge in [-0.1, -0.05) is 6.07 Å². The third-order valence-electron chi connectivity index (χ3n) is 5.04. The molecule has 1 amide bonds. The molecule has 2 atom stereocenters. The van der Waals surface area contributed by atoms with Crippen LogP contribution in [0.2, 0.25) is 0 Å². The predicted molar refractivity (Wildman–Crippen MR) is 88.1 cm³/mol. The van der Waals surface area contributed by atoms with E-state index >= 15 is 0 Å². The van der Waals surface area contributed by atoms with Crippen LogP contribution in [0.5, 0.6) is 11.5 Å². The summed E-state index contributed by atoms with van der Waals surface area (Å²) in [4.78, 5) is 14.5. The quantitative estimate of drug-likeness (QED) is 0.892. The molecular formula is C18H24N2O4. The van der Waals surface area contributed by atoms with Gasteiger partial charge in [0.1, 0.15) is 0 Å². The summed E-state index contributed by atoms with van der Waals surface area (Å²) >= 11 is 0. The molecule has 2 fully saturated rings. The number of benzene rings is 1. The Kier molecular flexibility index (Phi) is 4.58. The summed E-state index contributed by atoms with van der Waals surface area (Å²) in [6, 6.07) is 6.37. The second-order valence-electron chi connectivity index (χ2n) is 6.68. The lowest BCUT2D eigenvalue weighted by Crippen LogP contribution is -2.39. The van der Waals surface area contributed by atoms with E-state index < -0.39 is 0 Å². The van der Waals surface area contributed by atoms with Crippen LogP contribution in [0.25, 0.3) is 0 Å². The van der Waals surface area contributed by atoms with Crippen molar-refractivity contribution in [2.75, 3.05) is 33.0 Å². The molecule has 0 aliphatic carbocycles. The minimum absolute atomic E-state index is 0.0816. The Hall–Kier alpha value is -1.79. The van der Waals surface area contributed by atoms with Gasteiger partial charge < -0.3 is 19.5 Å². The molecule has 24 heavy (non-hydrogen) atoms. The van der Waals surface area contributed by atoms with Crippen molar-refractivity contribution in [3.63, 3.8) is 0 Å². The highest BCUT2D eigenvalue weighted by Crippen LogP contribution is 2.38. The normalized spacial score (nSPS) is 26.0. The summed E-state index contributed by atoms with van der Waals surface area (Å²) in [6.45, 7) is 3.12. The zero-order valence-corrected chi connectivity index (χ0v) is 13.8. The molecule has 1 N–H and O–H groups in total. The Labute approximate surface area is 142 Å². The number of amides is 1. The second kappa shape index (κ2) is 6.99. The molecule has 0 spiro atoms. The van der Waals surface area contributed by atoms with Gasteiger partial charge in [0.05, 0.1) is 12.6 Å². The maximum Gasteiger partial charge on any atom is 0.234 e. The molecule has 3 heterocycles. The molecule has 1 aromatic rings. The molecule has 1 aromatic carbocycles.